The number of ether oxygens (including phenoxy) is 2. The van der Waals surface area contributed by atoms with Crippen LogP contribution in [-0.2, 0) is 11.3 Å². The third-order valence-corrected chi connectivity index (χ3v) is 5.78. The molecule has 1 aliphatic heterocycles. The number of hydrogen-bond donors (Lipinski definition) is 1. The molecule has 0 radical (unpaired) electrons. The summed E-state index contributed by atoms with van der Waals surface area (Å²) >= 11 is 0. The van der Waals surface area contributed by atoms with Gasteiger partial charge >= 0.3 is 12.6 Å². The van der Waals surface area contributed by atoms with Crippen molar-refractivity contribution in [1.82, 2.24) is 15.1 Å². The number of methoxy groups -OCH3 is 1. The van der Waals surface area contributed by atoms with E-state index in [1.807, 2.05) is 11.8 Å². The van der Waals surface area contributed by atoms with Crippen molar-refractivity contribution in [1.29, 1.82) is 0 Å². The summed E-state index contributed by atoms with van der Waals surface area (Å²) in [6, 6.07) is 4.30. The summed E-state index contributed by atoms with van der Waals surface area (Å²) < 4.78 is 34.5. The summed E-state index contributed by atoms with van der Waals surface area (Å²) in [6.07, 6.45) is 3.58. The van der Waals surface area contributed by atoms with E-state index >= 15 is 0 Å². The number of alkyl halides is 2. The second kappa shape index (κ2) is 8.52. The molecule has 0 bridgehead atoms. The zero-order chi connectivity index (χ0) is 21.2. The largest absolute Gasteiger partial charge is 0.493 e. The number of amides is 3. The summed E-state index contributed by atoms with van der Waals surface area (Å²) in [4.78, 5) is 28.6. The van der Waals surface area contributed by atoms with Gasteiger partial charge in [-0.1, -0.05) is 25.8 Å². The van der Waals surface area contributed by atoms with Gasteiger partial charge in [-0.2, -0.15) is 8.78 Å². The Morgan fingerprint density at radius 1 is 1.31 bits per heavy atom. The monoisotopic (exact) mass is 411 g/mol. The maximum absolute atomic E-state index is 13.0. The first-order valence-corrected chi connectivity index (χ1v) is 9.71. The molecule has 1 heterocycles. The number of rotatable bonds is 7. The molecule has 1 aliphatic carbocycles. The van der Waals surface area contributed by atoms with Crippen molar-refractivity contribution in [2.45, 2.75) is 51.3 Å². The van der Waals surface area contributed by atoms with Gasteiger partial charge in [0.25, 0.3) is 5.91 Å². The van der Waals surface area contributed by atoms with Crippen LogP contribution in [0, 0.1) is 5.92 Å². The SMILES string of the molecule is COc1cc(CN(C)CN2C(=O)N[C@@]3(CCCC[C@@H]3C)C2=O)ccc1OC(F)F. The second-order valence-corrected chi connectivity index (χ2v) is 7.80. The number of nitrogens with one attached hydrogen (secondary N) is 1. The first-order chi connectivity index (χ1) is 13.8. The molecule has 7 nitrogen and oxygen atoms in total. The molecule has 2 fully saturated rings. The number of imide groups is 1. The predicted octanol–water partition coefficient (Wildman–Crippen LogP) is 3.19. The van der Waals surface area contributed by atoms with Crippen LogP contribution in [-0.4, -0.2) is 54.7 Å². The average molecular weight is 411 g/mol. The van der Waals surface area contributed by atoms with Crippen LogP contribution in [0.3, 0.4) is 0 Å². The average Bonchev–Trinajstić information content (AvgIpc) is 2.90. The van der Waals surface area contributed by atoms with Gasteiger partial charge in [-0.15, -0.1) is 0 Å². The Balaban J connectivity index is 1.67. The molecule has 2 aliphatic rings. The Morgan fingerprint density at radius 3 is 2.72 bits per heavy atom. The third-order valence-electron chi connectivity index (χ3n) is 5.78. The molecular formula is C20H27F2N3O4. The minimum atomic E-state index is -2.94. The summed E-state index contributed by atoms with van der Waals surface area (Å²) in [6.45, 7) is -0.395. The number of carbonyl (C=O) groups excluding carboxylic acids is 2. The molecule has 29 heavy (non-hydrogen) atoms. The van der Waals surface area contributed by atoms with Crippen molar-refractivity contribution in [3.05, 3.63) is 23.8 Å². The van der Waals surface area contributed by atoms with Gasteiger partial charge in [0.05, 0.1) is 13.8 Å². The van der Waals surface area contributed by atoms with Gasteiger partial charge in [0, 0.05) is 6.54 Å². The van der Waals surface area contributed by atoms with Gasteiger partial charge in [-0.3, -0.25) is 9.69 Å². The van der Waals surface area contributed by atoms with Crippen molar-refractivity contribution in [2.24, 2.45) is 5.92 Å². The molecule has 0 aromatic heterocycles. The van der Waals surface area contributed by atoms with Gasteiger partial charge in [-0.25, -0.2) is 9.69 Å². The van der Waals surface area contributed by atoms with Crippen LogP contribution in [0.25, 0.3) is 0 Å². The lowest BCUT2D eigenvalue weighted by molar-refractivity contribution is -0.135. The van der Waals surface area contributed by atoms with E-state index in [9.17, 15) is 18.4 Å². The Morgan fingerprint density at radius 2 is 2.07 bits per heavy atom. The number of carbonyl (C=O) groups is 2. The van der Waals surface area contributed by atoms with Crippen molar-refractivity contribution >= 4 is 11.9 Å². The van der Waals surface area contributed by atoms with Crippen LogP contribution < -0.4 is 14.8 Å². The lowest BCUT2D eigenvalue weighted by atomic mass is 9.73. The van der Waals surface area contributed by atoms with Crippen LogP contribution in [0.5, 0.6) is 11.5 Å². The Hall–Kier alpha value is -2.42. The third kappa shape index (κ3) is 4.29. The fraction of sp³-hybridized carbons (Fsp3) is 0.600. The fourth-order valence-electron chi connectivity index (χ4n) is 4.23. The van der Waals surface area contributed by atoms with Crippen molar-refractivity contribution < 1.29 is 27.8 Å². The molecule has 1 N–H and O–H groups in total. The summed E-state index contributed by atoms with van der Waals surface area (Å²) in [5.41, 5.74) is -0.00744. The quantitative estimate of drug-likeness (QED) is 0.698. The van der Waals surface area contributed by atoms with Gasteiger partial charge in [0.15, 0.2) is 11.5 Å². The van der Waals surface area contributed by atoms with E-state index in [1.54, 1.807) is 19.2 Å². The van der Waals surface area contributed by atoms with Crippen LogP contribution in [0.1, 0.15) is 38.2 Å². The van der Waals surface area contributed by atoms with Crippen LogP contribution in [0.2, 0.25) is 0 Å². The molecule has 0 unspecified atom stereocenters. The molecule has 3 rings (SSSR count). The normalized spacial score (nSPS) is 24.5. The van der Waals surface area contributed by atoms with Crippen LogP contribution >= 0.6 is 0 Å². The molecule has 2 atom stereocenters. The highest BCUT2D eigenvalue weighted by atomic mass is 19.3. The summed E-state index contributed by atoms with van der Waals surface area (Å²) in [5, 5.41) is 2.94. The lowest BCUT2D eigenvalue weighted by Gasteiger charge is -2.37. The van der Waals surface area contributed by atoms with E-state index in [1.165, 1.54) is 18.1 Å². The Labute approximate surface area is 168 Å². The lowest BCUT2D eigenvalue weighted by Crippen LogP contribution is -2.54. The fourth-order valence-corrected chi connectivity index (χ4v) is 4.23. The number of nitrogens with zero attached hydrogens (tertiary/aromatic N) is 2. The van der Waals surface area contributed by atoms with E-state index in [-0.39, 0.29) is 36.0 Å². The number of urea groups is 1. The molecule has 1 spiro atoms. The second-order valence-electron chi connectivity index (χ2n) is 7.80. The van der Waals surface area contributed by atoms with Crippen LogP contribution in [0.15, 0.2) is 18.2 Å². The molecule has 9 heteroatoms. The van der Waals surface area contributed by atoms with E-state index in [4.69, 9.17) is 4.74 Å². The molecular weight excluding hydrogens is 384 g/mol. The van der Waals surface area contributed by atoms with E-state index in [2.05, 4.69) is 10.1 Å². The maximum atomic E-state index is 13.0. The standard InChI is InChI=1S/C20H27F2N3O4/c1-13-6-4-5-9-20(13)17(26)25(19(27)23-20)12-24(2)11-14-7-8-15(29-18(21)22)16(10-14)28-3/h7-8,10,13,18H,4-6,9,11-12H2,1-3H3,(H,23,27)/t13-,20+/m0/s1. The number of benzene rings is 1. The highest BCUT2D eigenvalue weighted by molar-refractivity contribution is 6.07. The highest BCUT2D eigenvalue weighted by Gasteiger charge is 2.54. The molecule has 160 valence electrons. The van der Waals surface area contributed by atoms with Gasteiger partial charge in [-0.05, 0) is 43.5 Å². The predicted molar refractivity (Wildman–Crippen MR) is 102 cm³/mol. The molecule has 1 aromatic rings. The van der Waals surface area contributed by atoms with E-state index < -0.39 is 12.2 Å². The smallest absolute Gasteiger partial charge is 0.387 e. The number of hydrogen-bond acceptors (Lipinski definition) is 5. The van der Waals surface area contributed by atoms with Crippen molar-refractivity contribution in [2.75, 3.05) is 20.8 Å². The topological polar surface area (TPSA) is 71.1 Å². The van der Waals surface area contributed by atoms with Gasteiger partial charge < -0.3 is 14.8 Å². The molecule has 1 saturated carbocycles. The van der Waals surface area contributed by atoms with Crippen molar-refractivity contribution in [3.8, 4) is 11.5 Å². The summed E-state index contributed by atoms with van der Waals surface area (Å²) in [5.74, 6) is 0.0897. The minimum absolute atomic E-state index is 0.0452. The van der Waals surface area contributed by atoms with Gasteiger partial charge in [0.2, 0.25) is 0 Å². The zero-order valence-electron chi connectivity index (χ0n) is 16.9. The first kappa shape index (κ1) is 21.3. The molecule has 1 saturated heterocycles. The van der Waals surface area contributed by atoms with Crippen molar-refractivity contribution in [3.63, 3.8) is 0 Å². The van der Waals surface area contributed by atoms with E-state index in [0.29, 0.717) is 13.0 Å². The maximum Gasteiger partial charge on any atom is 0.387 e. The number of halogens is 2. The van der Waals surface area contributed by atoms with E-state index in [0.717, 1.165) is 24.8 Å². The van der Waals surface area contributed by atoms with Crippen LogP contribution in [0.4, 0.5) is 13.6 Å². The Bertz CT molecular complexity index is 776. The highest BCUT2D eigenvalue weighted by Crippen LogP contribution is 2.38. The Kier molecular flexibility index (Phi) is 6.26. The minimum Gasteiger partial charge on any atom is -0.493 e. The first-order valence-electron chi connectivity index (χ1n) is 9.71. The summed E-state index contributed by atoms with van der Waals surface area (Å²) in [7, 11) is 3.16. The molecule has 1 aromatic carbocycles. The molecule has 3 amide bonds. The van der Waals surface area contributed by atoms with Gasteiger partial charge in [0.1, 0.15) is 5.54 Å². The zero-order valence-corrected chi connectivity index (χ0v) is 16.9.